The molecule has 2 fully saturated rings. The first kappa shape index (κ1) is 6.66. The Morgan fingerprint density at radius 1 is 1.50 bits per heavy atom. The Balaban J connectivity index is 2.15. The molecule has 0 spiro atoms. The maximum atomic E-state index is 2.68. The summed E-state index contributed by atoms with van der Waals surface area (Å²) in [7, 11) is 0. The van der Waals surface area contributed by atoms with Crippen molar-refractivity contribution < 1.29 is 0 Å². The van der Waals surface area contributed by atoms with Gasteiger partial charge in [0.1, 0.15) is 0 Å². The standard InChI is InChI=1S/C9H17N/c1-8-6-9(2)4-3-5-10(9)7-8/h8H,3-7H2,1-2H3/t8-,9+/m1/s1. The maximum Gasteiger partial charge on any atom is 0.0185 e. The topological polar surface area (TPSA) is 3.24 Å². The average molecular weight is 139 g/mol. The monoisotopic (exact) mass is 139 g/mol. The highest BCUT2D eigenvalue weighted by atomic mass is 15.2. The summed E-state index contributed by atoms with van der Waals surface area (Å²) in [5.74, 6) is 0.949. The van der Waals surface area contributed by atoms with Crippen molar-refractivity contribution in [3.63, 3.8) is 0 Å². The Bertz CT molecular complexity index is 144. The number of hydrogen-bond acceptors (Lipinski definition) is 1. The predicted molar refractivity (Wildman–Crippen MR) is 43.0 cm³/mol. The van der Waals surface area contributed by atoms with Crippen molar-refractivity contribution >= 4 is 0 Å². The molecule has 0 aliphatic carbocycles. The van der Waals surface area contributed by atoms with Gasteiger partial charge in [0.25, 0.3) is 0 Å². The van der Waals surface area contributed by atoms with E-state index in [2.05, 4.69) is 18.7 Å². The van der Waals surface area contributed by atoms with Gasteiger partial charge in [0.2, 0.25) is 0 Å². The molecule has 2 atom stereocenters. The van der Waals surface area contributed by atoms with E-state index in [0.717, 1.165) is 5.92 Å². The summed E-state index contributed by atoms with van der Waals surface area (Å²) >= 11 is 0. The van der Waals surface area contributed by atoms with Crippen LogP contribution in [0.4, 0.5) is 0 Å². The zero-order chi connectivity index (χ0) is 7.19. The number of nitrogens with zero attached hydrogens (tertiary/aromatic N) is 1. The van der Waals surface area contributed by atoms with Crippen molar-refractivity contribution in [3.8, 4) is 0 Å². The molecule has 2 aliphatic heterocycles. The number of hydrogen-bond donors (Lipinski definition) is 0. The largest absolute Gasteiger partial charge is 0.298 e. The molecule has 0 aromatic heterocycles. The lowest BCUT2D eigenvalue weighted by atomic mass is 9.93. The fraction of sp³-hybridized carbons (Fsp3) is 1.00. The second kappa shape index (κ2) is 1.97. The van der Waals surface area contributed by atoms with Crippen LogP contribution in [0.1, 0.15) is 33.1 Å². The minimum absolute atomic E-state index is 0.611. The zero-order valence-corrected chi connectivity index (χ0v) is 7.06. The second-order valence-corrected chi connectivity index (χ2v) is 4.36. The molecule has 0 N–H and O–H groups in total. The molecule has 2 heterocycles. The summed E-state index contributed by atoms with van der Waals surface area (Å²) in [6, 6.07) is 0. The van der Waals surface area contributed by atoms with Crippen molar-refractivity contribution in [2.75, 3.05) is 13.1 Å². The van der Waals surface area contributed by atoms with Crippen LogP contribution in [0.15, 0.2) is 0 Å². The van der Waals surface area contributed by atoms with Crippen LogP contribution in [0, 0.1) is 5.92 Å². The molecule has 0 unspecified atom stereocenters. The van der Waals surface area contributed by atoms with E-state index in [1.54, 1.807) is 0 Å². The van der Waals surface area contributed by atoms with E-state index in [0.29, 0.717) is 5.54 Å². The molecule has 2 aliphatic rings. The van der Waals surface area contributed by atoms with Crippen molar-refractivity contribution in [3.05, 3.63) is 0 Å². The molecule has 10 heavy (non-hydrogen) atoms. The molecule has 0 aromatic rings. The van der Waals surface area contributed by atoms with Gasteiger partial charge in [-0.05, 0) is 38.6 Å². The van der Waals surface area contributed by atoms with E-state index in [1.165, 1.54) is 32.4 Å². The predicted octanol–water partition coefficient (Wildman–Crippen LogP) is 1.88. The van der Waals surface area contributed by atoms with Gasteiger partial charge in [-0.3, -0.25) is 4.90 Å². The van der Waals surface area contributed by atoms with Crippen LogP contribution in [0.5, 0.6) is 0 Å². The zero-order valence-electron chi connectivity index (χ0n) is 7.06. The summed E-state index contributed by atoms with van der Waals surface area (Å²) in [6.07, 6.45) is 4.31. The van der Waals surface area contributed by atoms with Gasteiger partial charge in [0.05, 0.1) is 0 Å². The first-order valence-electron chi connectivity index (χ1n) is 4.46. The fourth-order valence-electron chi connectivity index (χ4n) is 2.81. The highest BCUT2D eigenvalue weighted by molar-refractivity contribution is 4.98. The van der Waals surface area contributed by atoms with Gasteiger partial charge in [-0.25, -0.2) is 0 Å². The average Bonchev–Trinajstić information content (AvgIpc) is 2.20. The molecule has 0 radical (unpaired) electrons. The molecule has 0 amide bonds. The lowest BCUT2D eigenvalue weighted by Crippen LogP contribution is -2.34. The molecule has 58 valence electrons. The summed E-state index contributed by atoms with van der Waals surface area (Å²) in [5.41, 5.74) is 0.611. The van der Waals surface area contributed by atoms with E-state index in [4.69, 9.17) is 0 Å². The van der Waals surface area contributed by atoms with Crippen molar-refractivity contribution in [2.24, 2.45) is 5.92 Å². The molecule has 0 saturated carbocycles. The van der Waals surface area contributed by atoms with Gasteiger partial charge in [0.15, 0.2) is 0 Å². The maximum absolute atomic E-state index is 2.68. The Labute approximate surface area is 63.4 Å². The van der Waals surface area contributed by atoms with Crippen LogP contribution in [0.3, 0.4) is 0 Å². The van der Waals surface area contributed by atoms with Crippen LogP contribution in [0.2, 0.25) is 0 Å². The first-order chi connectivity index (χ1) is 4.71. The van der Waals surface area contributed by atoms with Crippen molar-refractivity contribution in [2.45, 2.75) is 38.6 Å². The quantitative estimate of drug-likeness (QED) is 0.495. The SMILES string of the molecule is C[C@H]1CN2CCC[C@@]2(C)C1. The molecule has 1 heteroatoms. The lowest BCUT2D eigenvalue weighted by Gasteiger charge is -2.26. The van der Waals surface area contributed by atoms with E-state index in [1.807, 2.05) is 0 Å². The third kappa shape index (κ3) is 0.800. The normalized spacial score (nSPS) is 48.0. The smallest absolute Gasteiger partial charge is 0.0185 e. The van der Waals surface area contributed by atoms with Gasteiger partial charge in [-0.15, -0.1) is 0 Å². The van der Waals surface area contributed by atoms with E-state index in [-0.39, 0.29) is 0 Å². The first-order valence-corrected chi connectivity index (χ1v) is 4.46. The van der Waals surface area contributed by atoms with Gasteiger partial charge >= 0.3 is 0 Å². The minimum Gasteiger partial charge on any atom is -0.298 e. The highest BCUT2D eigenvalue weighted by Gasteiger charge is 2.42. The fourth-order valence-corrected chi connectivity index (χ4v) is 2.81. The van der Waals surface area contributed by atoms with Gasteiger partial charge in [-0.1, -0.05) is 6.92 Å². The van der Waals surface area contributed by atoms with Crippen LogP contribution in [-0.4, -0.2) is 23.5 Å². The van der Waals surface area contributed by atoms with Gasteiger partial charge < -0.3 is 0 Å². The van der Waals surface area contributed by atoms with Crippen LogP contribution in [0.25, 0.3) is 0 Å². The molecule has 1 nitrogen and oxygen atoms in total. The van der Waals surface area contributed by atoms with Gasteiger partial charge in [0, 0.05) is 12.1 Å². The minimum atomic E-state index is 0.611. The Morgan fingerprint density at radius 3 is 3.00 bits per heavy atom. The Kier molecular flexibility index (Phi) is 1.31. The van der Waals surface area contributed by atoms with E-state index < -0.39 is 0 Å². The van der Waals surface area contributed by atoms with Crippen LogP contribution < -0.4 is 0 Å². The lowest BCUT2D eigenvalue weighted by molar-refractivity contribution is 0.218. The van der Waals surface area contributed by atoms with Crippen molar-refractivity contribution in [1.29, 1.82) is 0 Å². The summed E-state index contributed by atoms with van der Waals surface area (Å²) in [4.78, 5) is 2.68. The number of fused-ring (bicyclic) bond motifs is 1. The third-order valence-electron chi connectivity index (χ3n) is 3.23. The summed E-state index contributed by atoms with van der Waals surface area (Å²) < 4.78 is 0. The molecule has 0 aromatic carbocycles. The molecule has 2 rings (SSSR count). The van der Waals surface area contributed by atoms with Crippen LogP contribution in [-0.2, 0) is 0 Å². The van der Waals surface area contributed by atoms with E-state index >= 15 is 0 Å². The molecular formula is C9H17N. The van der Waals surface area contributed by atoms with E-state index in [9.17, 15) is 0 Å². The molecular weight excluding hydrogens is 122 g/mol. The summed E-state index contributed by atoms with van der Waals surface area (Å²) in [6.45, 7) is 7.53. The Hall–Kier alpha value is -0.0400. The molecule has 2 saturated heterocycles. The summed E-state index contributed by atoms with van der Waals surface area (Å²) in [5, 5.41) is 0. The molecule has 0 bridgehead atoms. The second-order valence-electron chi connectivity index (χ2n) is 4.36. The Morgan fingerprint density at radius 2 is 2.30 bits per heavy atom. The number of rotatable bonds is 0. The third-order valence-corrected chi connectivity index (χ3v) is 3.23. The van der Waals surface area contributed by atoms with Crippen molar-refractivity contribution in [1.82, 2.24) is 4.90 Å². The van der Waals surface area contributed by atoms with Crippen LogP contribution >= 0.6 is 0 Å². The van der Waals surface area contributed by atoms with Gasteiger partial charge in [-0.2, -0.15) is 0 Å². The highest BCUT2D eigenvalue weighted by Crippen LogP contribution is 2.40.